The fraction of sp³-hybridized carbons (Fsp3) is 0.500. The van der Waals surface area contributed by atoms with Gasteiger partial charge in [0.2, 0.25) is 0 Å². The minimum Gasteiger partial charge on any atom is -0.300 e. The van der Waals surface area contributed by atoms with Crippen molar-refractivity contribution < 1.29 is 4.79 Å². The molecule has 0 N–H and O–H groups in total. The van der Waals surface area contributed by atoms with Crippen molar-refractivity contribution >= 4 is 28.7 Å². The molecule has 0 atom stereocenters. The summed E-state index contributed by atoms with van der Waals surface area (Å²) in [6.45, 7) is 2.73. The number of carbonyl (C=O) groups excluding carboxylic acids is 1. The molecule has 1 aromatic rings. The van der Waals surface area contributed by atoms with Gasteiger partial charge >= 0.3 is 0 Å². The highest BCUT2D eigenvalue weighted by Crippen LogP contribution is 2.23. The smallest absolute Gasteiger partial charge is 0.135 e. The fourth-order valence-corrected chi connectivity index (χ4v) is 2.75. The number of likely N-dealkylation sites (tertiary alicyclic amines) is 1. The average Bonchev–Trinajstić information content (AvgIpc) is 2.56. The van der Waals surface area contributed by atoms with Gasteiger partial charge in [0.05, 0.1) is 4.34 Å². The Balaban J connectivity index is 1.89. The molecule has 1 aromatic heterocycles. The van der Waals surface area contributed by atoms with Gasteiger partial charge in [-0.2, -0.15) is 0 Å². The van der Waals surface area contributed by atoms with Crippen molar-refractivity contribution in [3.8, 4) is 0 Å². The summed E-state index contributed by atoms with van der Waals surface area (Å²) < 4.78 is 0.841. The van der Waals surface area contributed by atoms with Gasteiger partial charge in [-0.25, -0.2) is 0 Å². The minimum absolute atomic E-state index is 0.394. The molecule has 0 unspecified atom stereocenters. The third kappa shape index (κ3) is 2.56. The van der Waals surface area contributed by atoms with Gasteiger partial charge in [0, 0.05) is 37.4 Å². The van der Waals surface area contributed by atoms with Gasteiger partial charge in [0.15, 0.2) is 0 Å². The Kier molecular flexibility index (Phi) is 3.21. The van der Waals surface area contributed by atoms with Crippen molar-refractivity contribution in [3.05, 3.63) is 21.3 Å². The number of carbonyl (C=O) groups is 1. The summed E-state index contributed by atoms with van der Waals surface area (Å²) in [5.74, 6) is 0.394. The van der Waals surface area contributed by atoms with Crippen LogP contribution in [-0.4, -0.2) is 23.8 Å². The fourth-order valence-electron chi connectivity index (χ4n) is 1.62. The highest BCUT2D eigenvalue weighted by molar-refractivity contribution is 7.16. The van der Waals surface area contributed by atoms with Crippen molar-refractivity contribution in [3.63, 3.8) is 0 Å². The van der Waals surface area contributed by atoms with E-state index < -0.39 is 0 Å². The largest absolute Gasteiger partial charge is 0.300 e. The van der Waals surface area contributed by atoms with Crippen molar-refractivity contribution in [1.29, 1.82) is 0 Å². The molecule has 0 bridgehead atoms. The zero-order chi connectivity index (χ0) is 9.97. The second-order valence-electron chi connectivity index (χ2n) is 3.52. The molecular formula is C10H12ClNOS. The zero-order valence-electron chi connectivity index (χ0n) is 7.83. The normalized spacial score (nSPS) is 18.8. The SMILES string of the molecule is O=C1CCN(Cc2ccc(Cl)s2)CC1. The summed E-state index contributed by atoms with van der Waals surface area (Å²) in [6, 6.07) is 3.99. The van der Waals surface area contributed by atoms with E-state index in [2.05, 4.69) is 11.0 Å². The lowest BCUT2D eigenvalue weighted by molar-refractivity contribution is -0.121. The molecule has 14 heavy (non-hydrogen) atoms. The molecule has 1 saturated heterocycles. The maximum atomic E-state index is 11.0. The van der Waals surface area contributed by atoms with E-state index in [4.69, 9.17) is 11.6 Å². The highest BCUT2D eigenvalue weighted by Gasteiger charge is 2.16. The molecule has 0 saturated carbocycles. The second kappa shape index (κ2) is 4.43. The molecule has 0 spiro atoms. The van der Waals surface area contributed by atoms with Crippen LogP contribution < -0.4 is 0 Å². The molecule has 2 nitrogen and oxygen atoms in total. The Morgan fingerprint density at radius 2 is 2.07 bits per heavy atom. The molecule has 0 amide bonds. The summed E-state index contributed by atoms with van der Waals surface area (Å²) in [5.41, 5.74) is 0. The summed E-state index contributed by atoms with van der Waals surface area (Å²) in [6.07, 6.45) is 1.41. The number of thiophene rings is 1. The first-order chi connectivity index (χ1) is 6.74. The summed E-state index contributed by atoms with van der Waals surface area (Å²) in [5, 5.41) is 0. The van der Waals surface area contributed by atoms with E-state index in [1.807, 2.05) is 6.07 Å². The molecule has 0 radical (unpaired) electrons. The minimum atomic E-state index is 0.394. The van der Waals surface area contributed by atoms with E-state index >= 15 is 0 Å². The van der Waals surface area contributed by atoms with Gasteiger partial charge in [-0.15, -0.1) is 11.3 Å². The third-order valence-corrected chi connectivity index (χ3v) is 3.64. The number of piperidine rings is 1. The maximum absolute atomic E-state index is 11.0. The number of rotatable bonds is 2. The van der Waals surface area contributed by atoms with Crippen LogP contribution in [0.2, 0.25) is 4.34 Å². The first-order valence-electron chi connectivity index (χ1n) is 4.72. The predicted octanol–water partition coefficient (Wildman–Crippen LogP) is 2.57. The van der Waals surface area contributed by atoms with Crippen LogP contribution in [0.15, 0.2) is 12.1 Å². The van der Waals surface area contributed by atoms with E-state index in [1.165, 1.54) is 4.88 Å². The van der Waals surface area contributed by atoms with Gasteiger partial charge in [-0.1, -0.05) is 11.6 Å². The summed E-state index contributed by atoms with van der Waals surface area (Å²) in [7, 11) is 0. The van der Waals surface area contributed by atoms with Gasteiger partial charge < -0.3 is 0 Å². The molecule has 1 fully saturated rings. The van der Waals surface area contributed by atoms with E-state index in [0.717, 1.165) is 24.0 Å². The third-order valence-electron chi connectivity index (χ3n) is 2.42. The van der Waals surface area contributed by atoms with Gasteiger partial charge in [-0.05, 0) is 12.1 Å². The lowest BCUT2D eigenvalue weighted by Crippen LogP contribution is -2.32. The maximum Gasteiger partial charge on any atom is 0.135 e. The monoisotopic (exact) mass is 229 g/mol. The molecule has 4 heteroatoms. The van der Waals surface area contributed by atoms with E-state index in [0.29, 0.717) is 18.6 Å². The van der Waals surface area contributed by atoms with Crippen LogP contribution in [0.25, 0.3) is 0 Å². The van der Waals surface area contributed by atoms with Crippen LogP contribution in [-0.2, 0) is 11.3 Å². The molecule has 2 rings (SSSR count). The van der Waals surface area contributed by atoms with Crippen molar-refractivity contribution in [1.82, 2.24) is 4.90 Å². The number of ketones is 1. The summed E-state index contributed by atoms with van der Waals surface area (Å²) in [4.78, 5) is 14.6. The van der Waals surface area contributed by atoms with Crippen molar-refractivity contribution in [2.24, 2.45) is 0 Å². The summed E-state index contributed by atoms with van der Waals surface area (Å²) >= 11 is 7.47. The zero-order valence-corrected chi connectivity index (χ0v) is 9.40. The van der Waals surface area contributed by atoms with Crippen LogP contribution in [0, 0.1) is 0 Å². The highest BCUT2D eigenvalue weighted by atomic mass is 35.5. The molecule has 2 heterocycles. The topological polar surface area (TPSA) is 20.3 Å². The molecule has 1 aliphatic heterocycles. The van der Waals surface area contributed by atoms with Crippen molar-refractivity contribution in [2.75, 3.05) is 13.1 Å². The first-order valence-corrected chi connectivity index (χ1v) is 5.92. The Labute approximate surface area is 92.5 Å². The number of hydrogen-bond acceptors (Lipinski definition) is 3. The van der Waals surface area contributed by atoms with E-state index in [1.54, 1.807) is 11.3 Å². The molecule has 76 valence electrons. The molecular weight excluding hydrogens is 218 g/mol. The number of halogens is 1. The molecule has 1 aliphatic rings. The van der Waals surface area contributed by atoms with Gasteiger partial charge in [0.1, 0.15) is 5.78 Å². The molecule has 0 aromatic carbocycles. The Morgan fingerprint density at radius 3 is 2.64 bits per heavy atom. The van der Waals surface area contributed by atoms with Crippen LogP contribution in [0.5, 0.6) is 0 Å². The lowest BCUT2D eigenvalue weighted by atomic mass is 10.1. The Bertz CT molecular complexity index is 327. The predicted molar refractivity (Wildman–Crippen MR) is 58.8 cm³/mol. The van der Waals surface area contributed by atoms with Crippen LogP contribution in [0.4, 0.5) is 0 Å². The van der Waals surface area contributed by atoms with Crippen LogP contribution >= 0.6 is 22.9 Å². The standard InChI is InChI=1S/C10H12ClNOS/c11-10-2-1-9(14-10)7-12-5-3-8(13)4-6-12/h1-2H,3-7H2. The first kappa shape index (κ1) is 10.1. The van der Waals surface area contributed by atoms with Crippen molar-refractivity contribution in [2.45, 2.75) is 19.4 Å². The lowest BCUT2D eigenvalue weighted by Gasteiger charge is -2.24. The number of hydrogen-bond donors (Lipinski definition) is 0. The van der Waals surface area contributed by atoms with Gasteiger partial charge in [-0.3, -0.25) is 9.69 Å². The number of nitrogens with zero attached hydrogens (tertiary/aromatic N) is 1. The second-order valence-corrected chi connectivity index (χ2v) is 5.32. The Hall–Kier alpha value is -0.380. The van der Waals surface area contributed by atoms with Gasteiger partial charge in [0.25, 0.3) is 0 Å². The molecule has 0 aliphatic carbocycles. The average molecular weight is 230 g/mol. The van der Waals surface area contributed by atoms with Crippen LogP contribution in [0.1, 0.15) is 17.7 Å². The van der Waals surface area contributed by atoms with E-state index in [9.17, 15) is 4.79 Å². The van der Waals surface area contributed by atoms with E-state index in [-0.39, 0.29) is 0 Å². The van der Waals surface area contributed by atoms with Crippen LogP contribution in [0.3, 0.4) is 0 Å². The Morgan fingerprint density at radius 1 is 1.36 bits per heavy atom. The number of Topliss-reactive ketones (excluding diaryl/α,β-unsaturated/α-hetero) is 1. The quantitative estimate of drug-likeness (QED) is 0.777.